The molecule has 180 valence electrons. The first-order valence-corrected chi connectivity index (χ1v) is 12.3. The monoisotopic (exact) mass is 461 g/mol. The summed E-state index contributed by atoms with van der Waals surface area (Å²) in [4.78, 5) is 34.3. The maximum absolute atomic E-state index is 13.8. The molecule has 1 aliphatic rings. The number of nitrogens with zero attached hydrogens (tertiary/aromatic N) is 3. The van der Waals surface area contributed by atoms with Crippen molar-refractivity contribution in [1.29, 1.82) is 0 Å². The largest absolute Gasteiger partial charge is 0.383 e. The third kappa shape index (κ3) is 4.78. The van der Waals surface area contributed by atoms with Crippen LogP contribution >= 0.6 is 0 Å². The minimum atomic E-state index is -0.386. The number of carbonyl (C=O) groups excluding carboxylic acids is 1. The fourth-order valence-corrected chi connectivity index (χ4v) is 5.13. The van der Waals surface area contributed by atoms with Gasteiger partial charge in [0.15, 0.2) is 0 Å². The van der Waals surface area contributed by atoms with E-state index in [9.17, 15) is 9.59 Å². The number of para-hydroxylation sites is 1. The molecular formula is C28H35N3O3. The van der Waals surface area contributed by atoms with E-state index in [1.807, 2.05) is 62.1 Å². The Labute approximate surface area is 201 Å². The van der Waals surface area contributed by atoms with Crippen LogP contribution in [0.5, 0.6) is 0 Å². The summed E-state index contributed by atoms with van der Waals surface area (Å²) in [7, 11) is 1.65. The predicted molar refractivity (Wildman–Crippen MR) is 135 cm³/mol. The average Bonchev–Trinajstić information content (AvgIpc) is 2.85. The Morgan fingerprint density at radius 1 is 1.15 bits per heavy atom. The zero-order valence-electron chi connectivity index (χ0n) is 20.7. The van der Waals surface area contributed by atoms with Crippen LogP contribution in [0.1, 0.15) is 62.0 Å². The lowest BCUT2D eigenvalue weighted by atomic mass is 9.88. The summed E-state index contributed by atoms with van der Waals surface area (Å²) in [6.07, 6.45) is 5.21. The number of aryl methyl sites for hydroxylation is 2. The van der Waals surface area contributed by atoms with Gasteiger partial charge in [-0.25, -0.2) is 4.98 Å². The SMILES string of the molecule is COCCN(C(=O)C1CCCCC1)C(C)c1nc2ccccc2c(=O)n1-c1ccc(C)cc1C. The molecule has 1 amide bonds. The highest BCUT2D eigenvalue weighted by molar-refractivity contribution is 5.80. The zero-order valence-corrected chi connectivity index (χ0v) is 20.7. The Kier molecular flexibility index (Phi) is 7.47. The molecule has 0 spiro atoms. The molecule has 6 heteroatoms. The Bertz CT molecular complexity index is 1230. The summed E-state index contributed by atoms with van der Waals surface area (Å²) in [6.45, 7) is 6.92. The summed E-state index contributed by atoms with van der Waals surface area (Å²) in [6, 6.07) is 13.1. The second kappa shape index (κ2) is 10.5. The van der Waals surface area contributed by atoms with Crippen LogP contribution in [-0.2, 0) is 9.53 Å². The number of hydrogen-bond donors (Lipinski definition) is 0. The topological polar surface area (TPSA) is 64.4 Å². The van der Waals surface area contributed by atoms with Crippen molar-refractivity contribution >= 4 is 16.8 Å². The maximum atomic E-state index is 13.8. The molecular weight excluding hydrogens is 426 g/mol. The minimum Gasteiger partial charge on any atom is -0.383 e. The molecule has 1 unspecified atom stereocenters. The van der Waals surface area contributed by atoms with E-state index in [1.165, 1.54) is 6.42 Å². The molecule has 2 aromatic carbocycles. The Hall–Kier alpha value is -2.99. The Morgan fingerprint density at radius 3 is 2.59 bits per heavy atom. The van der Waals surface area contributed by atoms with Crippen LogP contribution in [0.15, 0.2) is 47.3 Å². The zero-order chi connectivity index (χ0) is 24.2. The van der Waals surface area contributed by atoms with Gasteiger partial charge >= 0.3 is 0 Å². The van der Waals surface area contributed by atoms with Crippen molar-refractivity contribution in [3.63, 3.8) is 0 Å². The molecule has 4 rings (SSSR count). The van der Waals surface area contributed by atoms with Gasteiger partial charge in [0.2, 0.25) is 5.91 Å². The van der Waals surface area contributed by atoms with Gasteiger partial charge in [-0.3, -0.25) is 14.2 Å². The highest BCUT2D eigenvalue weighted by Gasteiger charge is 2.32. The number of rotatable bonds is 7. The molecule has 3 aromatic rings. The molecule has 1 heterocycles. The number of aromatic nitrogens is 2. The first kappa shape index (κ1) is 24.1. The number of methoxy groups -OCH3 is 1. The quantitative estimate of drug-likeness (QED) is 0.490. The molecule has 1 aliphatic carbocycles. The molecule has 1 fully saturated rings. The highest BCUT2D eigenvalue weighted by atomic mass is 16.5. The third-order valence-electron chi connectivity index (χ3n) is 7.01. The van der Waals surface area contributed by atoms with Gasteiger partial charge in [-0.1, -0.05) is 49.1 Å². The second-order valence-electron chi connectivity index (χ2n) is 9.45. The van der Waals surface area contributed by atoms with Crippen LogP contribution in [-0.4, -0.2) is 40.6 Å². The number of fused-ring (bicyclic) bond motifs is 1. The van der Waals surface area contributed by atoms with Gasteiger partial charge < -0.3 is 9.64 Å². The molecule has 0 aliphatic heterocycles. The number of hydrogen-bond acceptors (Lipinski definition) is 4. The van der Waals surface area contributed by atoms with Gasteiger partial charge in [-0.15, -0.1) is 0 Å². The lowest BCUT2D eigenvalue weighted by Gasteiger charge is -2.34. The summed E-state index contributed by atoms with van der Waals surface area (Å²) >= 11 is 0. The van der Waals surface area contributed by atoms with E-state index in [0.717, 1.165) is 42.5 Å². The molecule has 0 N–H and O–H groups in total. The van der Waals surface area contributed by atoms with Crippen molar-refractivity contribution in [1.82, 2.24) is 14.5 Å². The fourth-order valence-electron chi connectivity index (χ4n) is 5.13. The van der Waals surface area contributed by atoms with Gasteiger partial charge in [-0.2, -0.15) is 0 Å². The van der Waals surface area contributed by atoms with Crippen molar-refractivity contribution in [2.24, 2.45) is 5.92 Å². The third-order valence-corrected chi connectivity index (χ3v) is 7.01. The van der Waals surface area contributed by atoms with Crippen molar-refractivity contribution in [2.45, 2.75) is 58.9 Å². The Balaban J connectivity index is 1.88. The van der Waals surface area contributed by atoms with Crippen LogP contribution in [0.4, 0.5) is 0 Å². The first-order chi connectivity index (χ1) is 16.4. The standard InChI is InChI=1S/C28H35N3O3/c1-19-14-15-25(20(2)18-19)31-26(29-24-13-9-8-12-23(24)28(31)33)21(3)30(16-17-34-4)27(32)22-10-6-5-7-11-22/h8-9,12-15,18,21-22H,5-7,10-11,16-17H2,1-4H3. The molecule has 0 saturated heterocycles. The van der Waals surface area contributed by atoms with Gasteiger partial charge in [0, 0.05) is 19.6 Å². The van der Waals surface area contributed by atoms with Gasteiger partial charge in [-0.05, 0) is 57.4 Å². The molecule has 1 atom stereocenters. The van der Waals surface area contributed by atoms with Crippen LogP contribution in [0.3, 0.4) is 0 Å². The van der Waals surface area contributed by atoms with Crippen molar-refractivity contribution < 1.29 is 9.53 Å². The van der Waals surface area contributed by atoms with E-state index < -0.39 is 0 Å². The highest BCUT2D eigenvalue weighted by Crippen LogP contribution is 2.30. The number of amides is 1. The van der Waals surface area contributed by atoms with Gasteiger partial charge in [0.05, 0.1) is 29.2 Å². The maximum Gasteiger partial charge on any atom is 0.266 e. The summed E-state index contributed by atoms with van der Waals surface area (Å²) in [5, 5.41) is 0.570. The van der Waals surface area contributed by atoms with Crippen molar-refractivity contribution in [2.75, 3.05) is 20.3 Å². The number of carbonyl (C=O) groups is 1. The van der Waals surface area contributed by atoms with E-state index in [2.05, 4.69) is 6.07 Å². The van der Waals surface area contributed by atoms with Gasteiger partial charge in [0.25, 0.3) is 5.56 Å². The van der Waals surface area contributed by atoms with E-state index in [-0.39, 0.29) is 23.4 Å². The predicted octanol–water partition coefficient (Wildman–Crippen LogP) is 5.12. The lowest BCUT2D eigenvalue weighted by Crippen LogP contribution is -2.42. The lowest BCUT2D eigenvalue weighted by molar-refractivity contribution is -0.139. The van der Waals surface area contributed by atoms with Gasteiger partial charge in [0.1, 0.15) is 5.82 Å². The van der Waals surface area contributed by atoms with E-state index in [1.54, 1.807) is 11.7 Å². The summed E-state index contributed by atoms with van der Waals surface area (Å²) in [5.41, 5.74) is 3.46. The van der Waals surface area contributed by atoms with Crippen LogP contribution in [0.2, 0.25) is 0 Å². The molecule has 1 aromatic heterocycles. The second-order valence-corrected chi connectivity index (χ2v) is 9.45. The van der Waals surface area contributed by atoms with Crippen LogP contribution < -0.4 is 5.56 Å². The van der Waals surface area contributed by atoms with Crippen molar-refractivity contribution in [3.05, 3.63) is 69.8 Å². The molecule has 1 saturated carbocycles. The van der Waals surface area contributed by atoms with E-state index in [0.29, 0.717) is 29.9 Å². The molecule has 0 bridgehead atoms. The fraction of sp³-hybridized carbons (Fsp3) is 0.464. The minimum absolute atomic E-state index is 0.0230. The average molecular weight is 462 g/mol. The molecule has 0 radical (unpaired) electrons. The van der Waals surface area contributed by atoms with Crippen LogP contribution in [0, 0.1) is 19.8 Å². The molecule has 34 heavy (non-hydrogen) atoms. The van der Waals surface area contributed by atoms with Crippen molar-refractivity contribution in [3.8, 4) is 5.69 Å². The number of benzene rings is 2. The normalized spacial score (nSPS) is 15.4. The number of ether oxygens (including phenoxy) is 1. The first-order valence-electron chi connectivity index (χ1n) is 12.3. The molecule has 6 nitrogen and oxygen atoms in total. The summed E-state index contributed by atoms with van der Waals surface area (Å²) < 4.78 is 7.06. The smallest absolute Gasteiger partial charge is 0.266 e. The van der Waals surface area contributed by atoms with Crippen LogP contribution in [0.25, 0.3) is 16.6 Å². The van der Waals surface area contributed by atoms with E-state index in [4.69, 9.17) is 9.72 Å². The van der Waals surface area contributed by atoms with E-state index >= 15 is 0 Å². The summed E-state index contributed by atoms with van der Waals surface area (Å²) in [5.74, 6) is 0.740. The Morgan fingerprint density at radius 2 is 1.88 bits per heavy atom.